The summed E-state index contributed by atoms with van der Waals surface area (Å²) in [5, 5.41) is 4.41. The fourth-order valence-electron chi connectivity index (χ4n) is 3.25. The molecule has 0 aliphatic carbocycles. The number of carbonyl (C=O) groups excluding carboxylic acids is 1. The van der Waals surface area contributed by atoms with Crippen LogP contribution in [0.1, 0.15) is 29.8 Å². The first-order valence-corrected chi connectivity index (χ1v) is 9.84. The molecule has 0 aliphatic rings. The van der Waals surface area contributed by atoms with E-state index in [1.54, 1.807) is 24.3 Å². The number of hydrogen-bond donors (Lipinski definition) is 0. The van der Waals surface area contributed by atoms with Crippen molar-refractivity contribution in [3.05, 3.63) is 76.1 Å². The van der Waals surface area contributed by atoms with Crippen molar-refractivity contribution in [2.75, 3.05) is 14.2 Å². The molecule has 0 fully saturated rings. The molecule has 0 amide bonds. The Morgan fingerprint density at radius 2 is 1.73 bits per heavy atom. The summed E-state index contributed by atoms with van der Waals surface area (Å²) in [5.41, 5.74) is 2.78. The summed E-state index contributed by atoms with van der Waals surface area (Å²) in [4.78, 5) is 25.2. The van der Waals surface area contributed by atoms with Crippen LogP contribution in [0.2, 0.25) is 0 Å². The Hall–Kier alpha value is -3.41. The average Bonchev–Trinajstić information content (AvgIpc) is 2.75. The molecule has 0 spiro atoms. The molecular weight excluding hydrogens is 380 g/mol. The van der Waals surface area contributed by atoms with E-state index >= 15 is 0 Å². The summed E-state index contributed by atoms with van der Waals surface area (Å²) in [7, 11) is 3.02. The fraction of sp³-hybridized carbons (Fsp3) is 0.292. The van der Waals surface area contributed by atoms with E-state index in [2.05, 4.69) is 31.1 Å². The van der Waals surface area contributed by atoms with Gasteiger partial charge in [0.15, 0.2) is 5.78 Å². The Morgan fingerprint density at radius 3 is 2.37 bits per heavy atom. The van der Waals surface area contributed by atoms with E-state index in [1.807, 2.05) is 12.1 Å². The topological polar surface area (TPSA) is 70.4 Å². The summed E-state index contributed by atoms with van der Waals surface area (Å²) in [6.45, 7) is 4.17. The Morgan fingerprint density at radius 1 is 1.00 bits per heavy atom. The zero-order valence-electron chi connectivity index (χ0n) is 17.7. The third kappa shape index (κ3) is 4.95. The number of Topliss-reactive ketones (excluding diaryl/α,β-unsaturated/α-hetero) is 1. The maximum atomic E-state index is 12.9. The number of hydrogen-bond acceptors (Lipinski definition) is 5. The van der Waals surface area contributed by atoms with Gasteiger partial charge in [-0.1, -0.05) is 38.1 Å². The predicted molar refractivity (Wildman–Crippen MR) is 116 cm³/mol. The number of ether oxygens (including phenoxy) is 2. The lowest BCUT2D eigenvalue weighted by molar-refractivity contribution is 0.0962. The molecule has 3 rings (SSSR count). The minimum absolute atomic E-state index is 0.193. The van der Waals surface area contributed by atoms with Crippen LogP contribution in [0, 0.1) is 5.92 Å². The number of benzene rings is 2. The second-order valence-corrected chi connectivity index (χ2v) is 7.50. The van der Waals surface area contributed by atoms with E-state index in [0.717, 1.165) is 12.0 Å². The summed E-state index contributed by atoms with van der Waals surface area (Å²) in [6.07, 6.45) is 1.00. The predicted octanol–water partition coefficient (Wildman–Crippen LogP) is 4.01. The second kappa shape index (κ2) is 9.39. The van der Waals surface area contributed by atoms with Gasteiger partial charge in [0.2, 0.25) is 0 Å². The van der Waals surface area contributed by atoms with Crippen LogP contribution in [0.25, 0.3) is 11.3 Å². The number of aromatic nitrogens is 2. The first kappa shape index (κ1) is 21.3. The quantitative estimate of drug-likeness (QED) is 0.529. The lowest BCUT2D eigenvalue weighted by Gasteiger charge is -2.11. The third-order valence-electron chi connectivity index (χ3n) is 4.76. The third-order valence-corrected chi connectivity index (χ3v) is 4.76. The highest BCUT2D eigenvalue weighted by molar-refractivity contribution is 5.98. The van der Waals surface area contributed by atoms with Gasteiger partial charge in [0.25, 0.3) is 5.56 Å². The fourth-order valence-corrected chi connectivity index (χ4v) is 3.25. The van der Waals surface area contributed by atoms with Gasteiger partial charge in [-0.2, -0.15) is 5.10 Å². The van der Waals surface area contributed by atoms with E-state index in [1.165, 1.54) is 30.5 Å². The van der Waals surface area contributed by atoms with Crippen molar-refractivity contribution in [1.29, 1.82) is 0 Å². The van der Waals surface area contributed by atoms with Gasteiger partial charge in [-0.25, -0.2) is 4.68 Å². The van der Waals surface area contributed by atoms with Crippen molar-refractivity contribution in [2.45, 2.75) is 26.8 Å². The molecule has 156 valence electrons. The van der Waals surface area contributed by atoms with Crippen LogP contribution in [0.15, 0.2) is 59.4 Å². The standard InChI is InChI=1S/C24H26N2O4/c1-16(2)13-17-5-7-18(8-6-17)21-10-12-24(28)26(25-21)15-22(27)20-14-19(29-3)9-11-23(20)30-4/h5-12,14,16H,13,15H2,1-4H3. The number of methoxy groups -OCH3 is 2. The van der Waals surface area contributed by atoms with Crippen LogP contribution >= 0.6 is 0 Å². The van der Waals surface area contributed by atoms with Gasteiger partial charge in [-0.05, 0) is 42.2 Å². The molecule has 0 unspecified atom stereocenters. The molecule has 0 saturated heterocycles. The molecule has 0 N–H and O–H groups in total. The lowest BCUT2D eigenvalue weighted by atomic mass is 10.0. The van der Waals surface area contributed by atoms with Gasteiger partial charge >= 0.3 is 0 Å². The summed E-state index contributed by atoms with van der Waals surface area (Å²) in [5.74, 6) is 1.25. The monoisotopic (exact) mass is 406 g/mol. The number of rotatable bonds is 8. The molecular formula is C24H26N2O4. The van der Waals surface area contributed by atoms with Crippen molar-refractivity contribution >= 4 is 5.78 Å². The second-order valence-electron chi connectivity index (χ2n) is 7.50. The zero-order valence-corrected chi connectivity index (χ0v) is 17.7. The summed E-state index contributed by atoms with van der Waals surface area (Å²) < 4.78 is 11.7. The van der Waals surface area contributed by atoms with Crippen LogP contribution in [0.3, 0.4) is 0 Å². The average molecular weight is 406 g/mol. The number of ketones is 1. The number of nitrogens with zero attached hydrogens (tertiary/aromatic N) is 2. The van der Waals surface area contributed by atoms with E-state index in [-0.39, 0.29) is 17.9 Å². The Balaban J connectivity index is 1.87. The molecule has 0 aliphatic heterocycles. The normalized spacial score (nSPS) is 10.8. The van der Waals surface area contributed by atoms with Gasteiger partial charge in [-0.15, -0.1) is 0 Å². The molecule has 0 radical (unpaired) electrons. The van der Waals surface area contributed by atoms with Crippen molar-refractivity contribution in [1.82, 2.24) is 9.78 Å². The molecule has 0 bridgehead atoms. The number of carbonyl (C=O) groups is 1. The highest BCUT2D eigenvalue weighted by Crippen LogP contribution is 2.25. The molecule has 1 aromatic heterocycles. The summed E-state index contributed by atoms with van der Waals surface area (Å²) >= 11 is 0. The van der Waals surface area contributed by atoms with Crippen molar-refractivity contribution in [3.8, 4) is 22.8 Å². The first-order valence-electron chi connectivity index (χ1n) is 9.84. The van der Waals surface area contributed by atoms with E-state index in [4.69, 9.17) is 9.47 Å². The highest BCUT2D eigenvalue weighted by atomic mass is 16.5. The van der Waals surface area contributed by atoms with Crippen molar-refractivity contribution in [3.63, 3.8) is 0 Å². The van der Waals surface area contributed by atoms with E-state index < -0.39 is 0 Å². The van der Waals surface area contributed by atoms with Crippen LogP contribution in [0.4, 0.5) is 0 Å². The highest BCUT2D eigenvalue weighted by Gasteiger charge is 2.16. The summed E-state index contributed by atoms with van der Waals surface area (Å²) in [6, 6.07) is 16.2. The molecule has 30 heavy (non-hydrogen) atoms. The SMILES string of the molecule is COc1ccc(OC)c(C(=O)Cn2nc(-c3ccc(CC(C)C)cc3)ccc2=O)c1. The molecule has 0 atom stereocenters. The maximum absolute atomic E-state index is 12.9. The van der Waals surface area contributed by atoms with Gasteiger partial charge in [0.1, 0.15) is 18.0 Å². The lowest BCUT2D eigenvalue weighted by Crippen LogP contribution is -2.26. The zero-order chi connectivity index (χ0) is 21.7. The molecule has 0 saturated carbocycles. The van der Waals surface area contributed by atoms with Crippen LogP contribution in [-0.2, 0) is 13.0 Å². The molecule has 6 heteroatoms. The Labute approximate surface area is 176 Å². The van der Waals surface area contributed by atoms with Gasteiger partial charge in [-0.3, -0.25) is 9.59 Å². The van der Waals surface area contributed by atoms with Crippen molar-refractivity contribution < 1.29 is 14.3 Å². The van der Waals surface area contributed by atoms with Gasteiger partial charge in [0, 0.05) is 11.6 Å². The minimum Gasteiger partial charge on any atom is -0.497 e. The largest absolute Gasteiger partial charge is 0.497 e. The molecule has 6 nitrogen and oxygen atoms in total. The van der Waals surface area contributed by atoms with Crippen molar-refractivity contribution in [2.24, 2.45) is 5.92 Å². The van der Waals surface area contributed by atoms with E-state index in [9.17, 15) is 9.59 Å². The minimum atomic E-state index is -0.342. The smallest absolute Gasteiger partial charge is 0.267 e. The van der Waals surface area contributed by atoms with Gasteiger partial charge < -0.3 is 9.47 Å². The first-order chi connectivity index (χ1) is 14.4. The van der Waals surface area contributed by atoms with Crippen LogP contribution < -0.4 is 15.0 Å². The van der Waals surface area contributed by atoms with Gasteiger partial charge in [0.05, 0.1) is 25.5 Å². The molecule has 3 aromatic rings. The Bertz CT molecular complexity index is 1090. The maximum Gasteiger partial charge on any atom is 0.267 e. The molecule has 1 heterocycles. The Kier molecular flexibility index (Phi) is 6.67. The molecule has 2 aromatic carbocycles. The van der Waals surface area contributed by atoms with E-state index in [0.29, 0.717) is 28.7 Å². The van der Waals surface area contributed by atoms with Crippen LogP contribution in [0.5, 0.6) is 11.5 Å². The van der Waals surface area contributed by atoms with Crippen LogP contribution in [-0.4, -0.2) is 29.8 Å².